The van der Waals surface area contributed by atoms with Crippen LogP contribution in [0.15, 0.2) is 22.6 Å². The minimum atomic E-state index is -3.95. The molecule has 2 aromatic rings. The molecule has 10 heteroatoms. The molecule has 2 rings (SSSR count). The average Bonchev–Trinajstić information content (AvgIpc) is 2.90. The molecule has 0 spiro atoms. The summed E-state index contributed by atoms with van der Waals surface area (Å²) in [5.74, 6) is -1.03. The van der Waals surface area contributed by atoms with E-state index in [9.17, 15) is 21.6 Å². The van der Waals surface area contributed by atoms with E-state index in [0.29, 0.717) is 16.8 Å². The number of hydrogen-bond donors (Lipinski definition) is 0. The van der Waals surface area contributed by atoms with Crippen molar-refractivity contribution in [2.45, 2.75) is 53.4 Å². The molecule has 0 fully saturated rings. The van der Waals surface area contributed by atoms with Crippen molar-refractivity contribution in [1.82, 2.24) is 9.78 Å². The highest BCUT2D eigenvalue weighted by atomic mass is 32.2. The Balaban J connectivity index is 2.76. The van der Waals surface area contributed by atoms with Gasteiger partial charge in [0, 0.05) is 18.9 Å². The van der Waals surface area contributed by atoms with Gasteiger partial charge in [0.2, 0.25) is 11.7 Å². The van der Waals surface area contributed by atoms with E-state index in [2.05, 4.69) is 5.10 Å². The average molecular weight is 497 g/mol. The molecule has 0 unspecified atom stereocenters. The summed E-state index contributed by atoms with van der Waals surface area (Å²) >= 11 is 0. The summed E-state index contributed by atoms with van der Waals surface area (Å²) in [5, 5.41) is 4.19. The molecule has 0 saturated heterocycles. The van der Waals surface area contributed by atoms with Gasteiger partial charge in [-0.15, -0.1) is 0 Å². The lowest BCUT2D eigenvalue weighted by molar-refractivity contribution is 0.103. The van der Waals surface area contributed by atoms with Crippen LogP contribution in [0.3, 0.4) is 0 Å². The Morgan fingerprint density at radius 2 is 1.64 bits per heavy atom. The first-order valence-corrected chi connectivity index (χ1v) is 13.9. The van der Waals surface area contributed by atoms with Gasteiger partial charge in [0.25, 0.3) is 0 Å². The van der Waals surface area contributed by atoms with Crippen LogP contribution in [0, 0.1) is 19.8 Å². The van der Waals surface area contributed by atoms with Gasteiger partial charge >= 0.3 is 10.1 Å². The first kappa shape index (κ1) is 26.8. The monoisotopic (exact) mass is 496 g/mol. The molecule has 1 aromatic heterocycles. The molecule has 0 bridgehead atoms. The van der Waals surface area contributed by atoms with Crippen molar-refractivity contribution in [1.29, 1.82) is 0 Å². The van der Waals surface area contributed by atoms with E-state index in [1.807, 2.05) is 20.8 Å². The zero-order valence-corrected chi connectivity index (χ0v) is 22.2. The van der Waals surface area contributed by atoms with Crippen LogP contribution in [-0.4, -0.2) is 44.4 Å². The second kappa shape index (κ2) is 9.42. The summed E-state index contributed by atoms with van der Waals surface area (Å²) in [6, 6.07) is 2.87. The zero-order valence-electron chi connectivity index (χ0n) is 20.6. The summed E-state index contributed by atoms with van der Waals surface area (Å²) in [6.45, 7) is 12.3. The van der Waals surface area contributed by atoms with E-state index < -0.39 is 25.7 Å². The fourth-order valence-electron chi connectivity index (χ4n) is 3.65. The van der Waals surface area contributed by atoms with Crippen molar-refractivity contribution in [3.05, 3.63) is 45.7 Å². The third-order valence-corrected chi connectivity index (χ3v) is 7.96. The quantitative estimate of drug-likeness (QED) is 0.403. The Morgan fingerprint density at radius 1 is 1.06 bits per heavy atom. The smallest absolute Gasteiger partial charge is 0.310 e. The first-order chi connectivity index (χ1) is 15.0. The standard InChI is InChI=1S/C23H32N2O6S2/c1-13(2)12-33(29,30)31-23-21(17(7)24-25(23)8)22(26)18-10-11-19(32(9,27)28)20(16(18)6)15(5)14(3)4/h10-11,13H,12H2,1-9H3. The number of aromatic nitrogens is 2. The second-order valence-corrected chi connectivity index (χ2v) is 12.5. The number of sulfone groups is 1. The van der Waals surface area contributed by atoms with Crippen molar-refractivity contribution >= 4 is 31.3 Å². The molecule has 0 radical (unpaired) electrons. The predicted octanol–water partition coefficient (Wildman–Crippen LogP) is 3.85. The molecule has 8 nitrogen and oxygen atoms in total. The molecule has 0 aliphatic heterocycles. The maximum atomic E-state index is 13.6. The van der Waals surface area contributed by atoms with Gasteiger partial charge in [0.15, 0.2) is 9.84 Å². The summed E-state index contributed by atoms with van der Waals surface area (Å²) in [4.78, 5) is 13.8. The Bertz CT molecular complexity index is 1340. The molecule has 0 saturated carbocycles. The van der Waals surface area contributed by atoms with Crippen LogP contribution < -0.4 is 4.18 Å². The molecule has 0 aliphatic rings. The number of hydrogen-bond acceptors (Lipinski definition) is 7. The number of nitrogens with zero attached hydrogens (tertiary/aromatic N) is 2. The van der Waals surface area contributed by atoms with E-state index >= 15 is 0 Å². The fraction of sp³-hybridized carbons (Fsp3) is 0.478. The molecule has 33 heavy (non-hydrogen) atoms. The highest BCUT2D eigenvalue weighted by Gasteiger charge is 2.30. The van der Waals surface area contributed by atoms with Crippen LogP contribution in [0.1, 0.15) is 67.4 Å². The molecule has 0 aliphatic carbocycles. The molecular formula is C23H32N2O6S2. The van der Waals surface area contributed by atoms with Crippen molar-refractivity contribution < 1.29 is 25.8 Å². The summed E-state index contributed by atoms with van der Waals surface area (Å²) < 4.78 is 56.4. The second-order valence-electron chi connectivity index (χ2n) is 8.93. The molecule has 0 N–H and O–H groups in total. The van der Waals surface area contributed by atoms with E-state index in [1.165, 1.54) is 23.9 Å². The zero-order chi connectivity index (χ0) is 25.5. The molecule has 182 valence electrons. The fourth-order valence-corrected chi connectivity index (χ4v) is 5.96. The van der Waals surface area contributed by atoms with E-state index in [-0.39, 0.29) is 33.6 Å². The van der Waals surface area contributed by atoms with E-state index in [4.69, 9.17) is 4.18 Å². The van der Waals surface area contributed by atoms with Crippen molar-refractivity contribution in [2.24, 2.45) is 13.0 Å². The Labute approximate surface area is 196 Å². The van der Waals surface area contributed by atoms with Gasteiger partial charge in [-0.2, -0.15) is 13.5 Å². The lowest BCUT2D eigenvalue weighted by atomic mass is 9.91. The van der Waals surface area contributed by atoms with Crippen LogP contribution in [0.5, 0.6) is 5.88 Å². The van der Waals surface area contributed by atoms with Gasteiger partial charge in [-0.3, -0.25) is 4.79 Å². The van der Waals surface area contributed by atoms with Crippen LogP contribution >= 0.6 is 0 Å². The molecule has 1 aromatic carbocycles. The van der Waals surface area contributed by atoms with Crippen LogP contribution in [0.4, 0.5) is 0 Å². The molecule has 1 heterocycles. The number of aryl methyl sites for hydroxylation is 2. The van der Waals surface area contributed by atoms with Crippen LogP contribution in [-0.2, 0) is 27.0 Å². The lowest BCUT2D eigenvalue weighted by Gasteiger charge is -2.17. The first-order valence-electron chi connectivity index (χ1n) is 10.5. The molecular weight excluding hydrogens is 464 g/mol. The Kier molecular flexibility index (Phi) is 7.65. The highest BCUT2D eigenvalue weighted by Crippen LogP contribution is 2.34. The van der Waals surface area contributed by atoms with Gasteiger partial charge in [-0.25, -0.2) is 13.1 Å². The van der Waals surface area contributed by atoms with Gasteiger partial charge in [0.05, 0.1) is 16.3 Å². The van der Waals surface area contributed by atoms with Crippen LogP contribution in [0.2, 0.25) is 0 Å². The van der Waals surface area contributed by atoms with Crippen LogP contribution in [0.25, 0.3) is 5.57 Å². The van der Waals surface area contributed by atoms with E-state index in [1.54, 1.807) is 27.7 Å². The number of rotatable bonds is 8. The minimum Gasteiger partial charge on any atom is -0.361 e. The number of benzene rings is 1. The highest BCUT2D eigenvalue weighted by molar-refractivity contribution is 7.90. The topological polar surface area (TPSA) is 112 Å². The number of ketones is 1. The van der Waals surface area contributed by atoms with E-state index in [0.717, 1.165) is 17.4 Å². The van der Waals surface area contributed by atoms with Crippen molar-refractivity contribution in [2.75, 3.05) is 12.0 Å². The maximum Gasteiger partial charge on any atom is 0.310 e. The van der Waals surface area contributed by atoms with Gasteiger partial charge in [0.1, 0.15) is 5.56 Å². The summed E-state index contributed by atoms with van der Waals surface area (Å²) in [6.07, 6.45) is 1.13. The van der Waals surface area contributed by atoms with Gasteiger partial charge in [-0.05, 0) is 69.4 Å². The molecule has 0 atom stereocenters. The predicted molar refractivity (Wildman–Crippen MR) is 129 cm³/mol. The van der Waals surface area contributed by atoms with Crippen molar-refractivity contribution in [3.8, 4) is 5.88 Å². The third-order valence-electron chi connectivity index (χ3n) is 5.34. The Hall–Kier alpha value is -2.46. The van der Waals surface area contributed by atoms with Gasteiger partial charge in [-0.1, -0.05) is 19.4 Å². The minimum absolute atomic E-state index is 0.0286. The summed E-state index contributed by atoms with van der Waals surface area (Å²) in [5.41, 5.74) is 3.21. The van der Waals surface area contributed by atoms with Gasteiger partial charge < -0.3 is 4.18 Å². The lowest BCUT2D eigenvalue weighted by Crippen LogP contribution is -2.20. The molecule has 0 amide bonds. The number of carbonyl (C=O) groups is 1. The number of allylic oxidation sites excluding steroid dienone is 2. The SMILES string of the molecule is CC(C)=C(C)c1c(S(C)(=O)=O)ccc(C(=O)c2c(C)nn(C)c2OS(=O)(=O)CC(C)C)c1C. The van der Waals surface area contributed by atoms with Crippen molar-refractivity contribution in [3.63, 3.8) is 0 Å². The normalized spacial score (nSPS) is 12.2. The third kappa shape index (κ3) is 5.73. The maximum absolute atomic E-state index is 13.6. The Morgan fingerprint density at radius 3 is 2.12 bits per heavy atom. The summed E-state index contributed by atoms with van der Waals surface area (Å²) in [7, 11) is -6.00. The largest absolute Gasteiger partial charge is 0.361 e. The number of carbonyl (C=O) groups excluding carboxylic acids is 1.